The van der Waals surface area contributed by atoms with Gasteiger partial charge in [0.1, 0.15) is 4.87 Å². The van der Waals surface area contributed by atoms with Gasteiger partial charge >= 0.3 is 0 Å². The fourth-order valence-corrected chi connectivity index (χ4v) is 4.64. The van der Waals surface area contributed by atoms with Crippen LogP contribution in [-0.2, 0) is 4.79 Å². The average Bonchev–Trinajstić information content (AvgIpc) is 2.43. The summed E-state index contributed by atoms with van der Waals surface area (Å²) in [4.78, 5) is 14.1. The molecule has 4 aliphatic heterocycles. The number of thioether (sulfide) groups is 1. The Morgan fingerprint density at radius 2 is 2.21 bits per heavy atom. The number of hydrogen-bond donors (Lipinski definition) is 1. The Labute approximate surface area is 88.6 Å². The topological polar surface area (TPSA) is 32.3 Å². The Kier molecular flexibility index (Phi) is 1.86. The highest BCUT2D eigenvalue weighted by Gasteiger charge is 2.53. The van der Waals surface area contributed by atoms with E-state index in [0.717, 1.165) is 6.54 Å². The van der Waals surface area contributed by atoms with Gasteiger partial charge < -0.3 is 10.2 Å². The first-order valence-corrected chi connectivity index (χ1v) is 6.30. The Hall–Kier alpha value is -0.220. The smallest absolute Gasteiger partial charge is 0.234 e. The van der Waals surface area contributed by atoms with Gasteiger partial charge in [0.2, 0.25) is 5.91 Å². The minimum atomic E-state index is 0.0764. The number of nitrogens with one attached hydrogen (secondary N) is 1. The minimum Gasteiger partial charge on any atom is -0.339 e. The third kappa shape index (κ3) is 1.13. The van der Waals surface area contributed by atoms with Crippen LogP contribution < -0.4 is 5.32 Å². The fourth-order valence-electron chi connectivity index (χ4n) is 3.00. The molecule has 4 fully saturated rings. The summed E-state index contributed by atoms with van der Waals surface area (Å²) in [5, 5.41) is 3.38. The molecule has 4 saturated heterocycles. The SMILES string of the molecule is C[C@H]1S[C@@]2(CN3CCC2CC3)NC1=O. The number of amides is 1. The van der Waals surface area contributed by atoms with Crippen molar-refractivity contribution < 1.29 is 4.79 Å². The van der Waals surface area contributed by atoms with Gasteiger partial charge in [0.25, 0.3) is 0 Å². The summed E-state index contributed by atoms with van der Waals surface area (Å²) in [5.41, 5.74) is 0. The van der Waals surface area contributed by atoms with E-state index in [-0.39, 0.29) is 16.0 Å². The van der Waals surface area contributed by atoms with Gasteiger partial charge in [-0.1, -0.05) is 0 Å². The van der Waals surface area contributed by atoms with Crippen molar-refractivity contribution >= 4 is 17.7 Å². The van der Waals surface area contributed by atoms with E-state index in [1.165, 1.54) is 25.9 Å². The summed E-state index contributed by atoms with van der Waals surface area (Å²) < 4.78 is 0. The molecule has 14 heavy (non-hydrogen) atoms. The summed E-state index contributed by atoms with van der Waals surface area (Å²) in [6.45, 7) is 5.55. The number of rotatable bonds is 0. The maximum atomic E-state index is 11.6. The molecule has 4 heteroatoms. The molecule has 0 aromatic rings. The average molecular weight is 212 g/mol. The third-order valence-electron chi connectivity index (χ3n) is 3.80. The van der Waals surface area contributed by atoms with Gasteiger partial charge in [-0.15, -0.1) is 11.8 Å². The van der Waals surface area contributed by atoms with E-state index in [9.17, 15) is 4.79 Å². The van der Waals surface area contributed by atoms with Crippen molar-refractivity contribution in [1.82, 2.24) is 10.2 Å². The predicted molar refractivity (Wildman–Crippen MR) is 57.1 cm³/mol. The van der Waals surface area contributed by atoms with Gasteiger partial charge in [0.15, 0.2) is 0 Å². The lowest BCUT2D eigenvalue weighted by atomic mass is 9.83. The minimum absolute atomic E-state index is 0.0764. The number of piperidine rings is 3. The largest absolute Gasteiger partial charge is 0.339 e. The molecule has 0 unspecified atom stereocenters. The molecule has 4 rings (SSSR count). The van der Waals surface area contributed by atoms with Gasteiger partial charge in [-0.25, -0.2) is 0 Å². The molecule has 4 heterocycles. The van der Waals surface area contributed by atoms with Crippen LogP contribution in [0.4, 0.5) is 0 Å². The van der Waals surface area contributed by atoms with Crippen molar-refractivity contribution in [2.45, 2.75) is 29.9 Å². The molecule has 1 spiro atoms. The van der Waals surface area contributed by atoms with Gasteiger partial charge in [-0.2, -0.15) is 0 Å². The second-order valence-corrected chi connectivity index (χ2v) is 6.36. The Morgan fingerprint density at radius 3 is 2.64 bits per heavy atom. The van der Waals surface area contributed by atoms with Crippen molar-refractivity contribution in [1.29, 1.82) is 0 Å². The molecule has 78 valence electrons. The van der Waals surface area contributed by atoms with Gasteiger partial charge in [-0.05, 0) is 38.8 Å². The van der Waals surface area contributed by atoms with Crippen LogP contribution >= 0.6 is 11.8 Å². The highest BCUT2D eigenvalue weighted by atomic mass is 32.2. The first-order valence-electron chi connectivity index (χ1n) is 5.42. The summed E-state index contributed by atoms with van der Waals surface area (Å²) in [6, 6.07) is 0. The van der Waals surface area contributed by atoms with Crippen LogP contribution in [0, 0.1) is 5.92 Å². The Morgan fingerprint density at radius 1 is 1.50 bits per heavy atom. The summed E-state index contributed by atoms with van der Waals surface area (Å²) in [5.74, 6) is 0.954. The van der Waals surface area contributed by atoms with Crippen molar-refractivity contribution in [3.8, 4) is 0 Å². The molecule has 0 aliphatic carbocycles. The lowest BCUT2D eigenvalue weighted by Crippen LogP contribution is -2.62. The molecular weight excluding hydrogens is 196 g/mol. The number of hydrogen-bond acceptors (Lipinski definition) is 3. The zero-order valence-electron chi connectivity index (χ0n) is 8.45. The predicted octanol–water partition coefficient (Wildman–Crippen LogP) is 0.660. The summed E-state index contributed by atoms with van der Waals surface area (Å²) in [6.07, 6.45) is 2.53. The van der Waals surface area contributed by atoms with Crippen molar-refractivity contribution in [3.05, 3.63) is 0 Å². The van der Waals surface area contributed by atoms with E-state index in [1.807, 2.05) is 18.7 Å². The molecule has 4 aliphatic rings. The van der Waals surface area contributed by atoms with Crippen LogP contribution in [0.3, 0.4) is 0 Å². The lowest BCUT2D eigenvalue weighted by molar-refractivity contribution is -0.121. The van der Waals surface area contributed by atoms with E-state index in [4.69, 9.17) is 0 Å². The fraction of sp³-hybridized carbons (Fsp3) is 0.900. The number of carbonyl (C=O) groups is 1. The van der Waals surface area contributed by atoms with Crippen LogP contribution in [-0.4, -0.2) is 40.6 Å². The molecule has 2 atom stereocenters. The highest BCUT2D eigenvalue weighted by Crippen LogP contribution is 2.47. The quantitative estimate of drug-likeness (QED) is 0.640. The van der Waals surface area contributed by atoms with Crippen molar-refractivity contribution in [3.63, 3.8) is 0 Å². The standard InChI is InChI=1S/C10H16N2OS/c1-7-9(13)11-10(14-7)6-12-4-2-8(10)3-5-12/h7-8H,2-6H2,1H3,(H,11,13)/t7-,10-/m1/s1. The Bertz CT molecular complexity index is 275. The van der Waals surface area contributed by atoms with Gasteiger partial charge in [0.05, 0.1) is 5.25 Å². The van der Waals surface area contributed by atoms with Gasteiger partial charge in [0, 0.05) is 6.54 Å². The molecule has 3 nitrogen and oxygen atoms in total. The summed E-state index contributed by atoms with van der Waals surface area (Å²) in [7, 11) is 0. The van der Waals surface area contributed by atoms with Crippen LogP contribution in [0.1, 0.15) is 19.8 Å². The number of fused-ring (bicyclic) bond motifs is 2. The second-order valence-electron chi connectivity index (χ2n) is 4.69. The zero-order valence-corrected chi connectivity index (χ0v) is 9.27. The number of carbonyl (C=O) groups excluding carboxylic acids is 1. The molecule has 0 saturated carbocycles. The highest BCUT2D eigenvalue weighted by molar-refractivity contribution is 8.02. The zero-order chi connectivity index (χ0) is 9.76. The molecule has 0 radical (unpaired) electrons. The van der Waals surface area contributed by atoms with E-state index in [2.05, 4.69) is 10.2 Å². The van der Waals surface area contributed by atoms with Crippen molar-refractivity contribution in [2.24, 2.45) is 5.92 Å². The van der Waals surface area contributed by atoms with E-state index in [0.29, 0.717) is 5.92 Å². The van der Waals surface area contributed by atoms with Crippen LogP contribution in [0.2, 0.25) is 0 Å². The third-order valence-corrected chi connectivity index (χ3v) is 5.35. The molecule has 2 bridgehead atoms. The van der Waals surface area contributed by atoms with E-state index in [1.54, 1.807) is 0 Å². The van der Waals surface area contributed by atoms with E-state index >= 15 is 0 Å². The molecule has 0 aromatic carbocycles. The first-order chi connectivity index (χ1) is 6.70. The van der Waals surface area contributed by atoms with Crippen LogP contribution in [0.25, 0.3) is 0 Å². The number of nitrogens with zero attached hydrogens (tertiary/aromatic N) is 1. The molecule has 1 N–H and O–H groups in total. The molecular formula is C10H16N2OS. The first kappa shape index (κ1) is 9.04. The molecule has 0 aromatic heterocycles. The Balaban J connectivity index is 1.87. The van der Waals surface area contributed by atoms with E-state index < -0.39 is 0 Å². The van der Waals surface area contributed by atoms with Crippen LogP contribution in [0.5, 0.6) is 0 Å². The second kappa shape index (κ2) is 2.89. The normalized spacial score (nSPS) is 51.2. The molecule has 1 amide bonds. The van der Waals surface area contributed by atoms with Gasteiger partial charge in [-0.3, -0.25) is 4.79 Å². The maximum absolute atomic E-state index is 11.6. The maximum Gasteiger partial charge on any atom is 0.234 e. The summed E-state index contributed by atoms with van der Waals surface area (Å²) >= 11 is 1.86. The van der Waals surface area contributed by atoms with Crippen molar-refractivity contribution in [2.75, 3.05) is 19.6 Å². The van der Waals surface area contributed by atoms with Crippen LogP contribution in [0.15, 0.2) is 0 Å². The monoisotopic (exact) mass is 212 g/mol. The lowest BCUT2D eigenvalue weighted by Gasteiger charge is -2.50.